The van der Waals surface area contributed by atoms with Crippen molar-refractivity contribution in [3.8, 4) is 0 Å². The van der Waals surface area contributed by atoms with Crippen LogP contribution >= 0.6 is 0 Å². The number of aromatic carboxylic acids is 1. The van der Waals surface area contributed by atoms with Gasteiger partial charge in [-0.15, -0.1) is 0 Å². The smallest absolute Gasteiger partial charge is 0.335 e. The van der Waals surface area contributed by atoms with Crippen LogP contribution in [0.1, 0.15) is 54.5 Å². The zero-order valence-electron chi connectivity index (χ0n) is 11.5. The molecule has 1 heterocycles. The topological polar surface area (TPSA) is 79.3 Å². The van der Waals surface area contributed by atoms with Crippen LogP contribution in [0.4, 0.5) is 0 Å². The molecule has 0 aliphatic heterocycles. The van der Waals surface area contributed by atoms with Gasteiger partial charge in [-0.1, -0.05) is 13.8 Å². The molecule has 1 aromatic heterocycles. The molecular formula is C14H20N2O3. The Morgan fingerprint density at radius 1 is 1.32 bits per heavy atom. The number of aromatic nitrogens is 1. The molecule has 0 fully saturated rings. The van der Waals surface area contributed by atoms with Crippen molar-refractivity contribution in [2.75, 3.05) is 0 Å². The maximum Gasteiger partial charge on any atom is 0.335 e. The predicted molar refractivity (Wildman–Crippen MR) is 72.2 cm³/mol. The third-order valence-electron chi connectivity index (χ3n) is 2.79. The van der Waals surface area contributed by atoms with Crippen LogP contribution in [0.15, 0.2) is 18.3 Å². The normalized spacial score (nSPS) is 12.2. The SMILES string of the molecule is CC(C)CCC(C)NC(=O)c1cc(C(=O)O)ccn1. The Bertz CT molecular complexity index is 458. The van der Waals surface area contributed by atoms with Crippen molar-refractivity contribution in [2.24, 2.45) is 5.92 Å². The van der Waals surface area contributed by atoms with Gasteiger partial charge >= 0.3 is 5.97 Å². The van der Waals surface area contributed by atoms with Crippen LogP contribution in [0, 0.1) is 5.92 Å². The van der Waals surface area contributed by atoms with E-state index >= 15 is 0 Å². The fraction of sp³-hybridized carbons (Fsp3) is 0.500. The number of amides is 1. The summed E-state index contributed by atoms with van der Waals surface area (Å²) in [6, 6.07) is 2.69. The summed E-state index contributed by atoms with van der Waals surface area (Å²) in [7, 11) is 0. The second-order valence-corrected chi connectivity index (χ2v) is 5.08. The molecule has 1 unspecified atom stereocenters. The van der Waals surface area contributed by atoms with Gasteiger partial charge < -0.3 is 10.4 Å². The van der Waals surface area contributed by atoms with E-state index in [1.54, 1.807) is 0 Å². The number of carbonyl (C=O) groups excluding carboxylic acids is 1. The molecule has 1 aromatic rings. The van der Waals surface area contributed by atoms with Crippen molar-refractivity contribution < 1.29 is 14.7 Å². The molecule has 0 aliphatic rings. The number of hydrogen-bond donors (Lipinski definition) is 2. The summed E-state index contributed by atoms with van der Waals surface area (Å²) in [5.41, 5.74) is 0.200. The van der Waals surface area contributed by atoms with Crippen molar-refractivity contribution in [3.63, 3.8) is 0 Å². The molecule has 104 valence electrons. The molecule has 0 aliphatic carbocycles. The lowest BCUT2D eigenvalue weighted by Crippen LogP contribution is -2.33. The first-order valence-corrected chi connectivity index (χ1v) is 6.40. The fourth-order valence-electron chi connectivity index (χ4n) is 1.64. The van der Waals surface area contributed by atoms with E-state index in [9.17, 15) is 9.59 Å². The minimum Gasteiger partial charge on any atom is -0.478 e. The molecule has 0 saturated carbocycles. The molecule has 2 N–H and O–H groups in total. The van der Waals surface area contributed by atoms with Crippen LogP contribution < -0.4 is 5.32 Å². The number of carboxylic acid groups (broad SMARTS) is 1. The summed E-state index contributed by atoms with van der Waals surface area (Å²) < 4.78 is 0. The maximum absolute atomic E-state index is 11.9. The van der Waals surface area contributed by atoms with Gasteiger partial charge in [0.05, 0.1) is 5.56 Å². The third kappa shape index (κ3) is 5.07. The molecule has 0 spiro atoms. The summed E-state index contributed by atoms with van der Waals surface area (Å²) in [6.45, 7) is 6.19. The molecular weight excluding hydrogens is 244 g/mol. The predicted octanol–water partition coefficient (Wildman–Crippen LogP) is 2.33. The van der Waals surface area contributed by atoms with E-state index in [1.165, 1.54) is 18.3 Å². The van der Waals surface area contributed by atoms with Crippen LogP contribution in [0.3, 0.4) is 0 Å². The van der Waals surface area contributed by atoms with Gasteiger partial charge in [-0.2, -0.15) is 0 Å². The quantitative estimate of drug-likeness (QED) is 0.826. The standard InChI is InChI=1S/C14H20N2O3/c1-9(2)4-5-10(3)16-13(17)12-8-11(14(18)19)6-7-15-12/h6-10H,4-5H2,1-3H3,(H,16,17)(H,18,19). The van der Waals surface area contributed by atoms with Crippen LogP contribution in [0.2, 0.25) is 0 Å². The highest BCUT2D eigenvalue weighted by Crippen LogP contribution is 2.07. The molecule has 1 atom stereocenters. The van der Waals surface area contributed by atoms with Crippen LogP contribution in [-0.4, -0.2) is 28.0 Å². The van der Waals surface area contributed by atoms with Crippen molar-refractivity contribution in [1.82, 2.24) is 10.3 Å². The average molecular weight is 264 g/mol. The number of pyridine rings is 1. The molecule has 0 radical (unpaired) electrons. The minimum atomic E-state index is -1.07. The first-order valence-electron chi connectivity index (χ1n) is 6.40. The molecule has 19 heavy (non-hydrogen) atoms. The number of carbonyl (C=O) groups is 2. The minimum absolute atomic E-state index is 0.0465. The molecule has 1 rings (SSSR count). The summed E-state index contributed by atoms with van der Waals surface area (Å²) in [4.78, 5) is 26.6. The second-order valence-electron chi connectivity index (χ2n) is 5.08. The number of nitrogens with one attached hydrogen (secondary N) is 1. The highest BCUT2D eigenvalue weighted by atomic mass is 16.4. The van der Waals surface area contributed by atoms with Crippen LogP contribution in [-0.2, 0) is 0 Å². The van der Waals surface area contributed by atoms with Gasteiger partial charge in [-0.05, 0) is 37.8 Å². The summed E-state index contributed by atoms with van der Waals surface area (Å²) in [5, 5.41) is 11.7. The number of nitrogens with zero attached hydrogens (tertiary/aromatic N) is 1. The van der Waals surface area contributed by atoms with Gasteiger partial charge in [0.2, 0.25) is 0 Å². The highest BCUT2D eigenvalue weighted by Gasteiger charge is 2.13. The first-order chi connectivity index (χ1) is 8.90. The van der Waals surface area contributed by atoms with Crippen LogP contribution in [0.5, 0.6) is 0 Å². The lowest BCUT2D eigenvalue weighted by molar-refractivity contribution is 0.0696. The molecule has 5 nitrogen and oxygen atoms in total. The monoisotopic (exact) mass is 264 g/mol. The van der Waals surface area contributed by atoms with E-state index in [2.05, 4.69) is 24.1 Å². The van der Waals surface area contributed by atoms with E-state index in [0.717, 1.165) is 12.8 Å². The Morgan fingerprint density at radius 2 is 2.00 bits per heavy atom. The Morgan fingerprint density at radius 3 is 2.58 bits per heavy atom. The largest absolute Gasteiger partial charge is 0.478 e. The number of carboxylic acids is 1. The van der Waals surface area contributed by atoms with Crippen molar-refractivity contribution in [3.05, 3.63) is 29.6 Å². The van der Waals surface area contributed by atoms with E-state index < -0.39 is 5.97 Å². The van der Waals surface area contributed by atoms with Gasteiger partial charge in [0.1, 0.15) is 5.69 Å². The number of hydrogen-bond acceptors (Lipinski definition) is 3. The Labute approximate surface area is 113 Å². The number of rotatable bonds is 6. The van der Waals surface area contributed by atoms with Crippen molar-refractivity contribution >= 4 is 11.9 Å². The van der Waals surface area contributed by atoms with Gasteiger partial charge in [-0.3, -0.25) is 9.78 Å². The Balaban J connectivity index is 2.62. The lowest BCUT2D eigenvalue weighted by atomic mass is 10.0. The van der Waals surface area contributed by atoms with E-state index in [-0.39, 0.29) is 23.2 Å². The fourth-order valence-corrected chi connectivity index (χ4v) is 1.64. The van der Waals surface area contributed by atoms with Crippen LogP contribution in [0.25, 0.3) is 0 Å². The first kappa shape index (κ1) is 15.1. The zero-order valence-corrected chi connectivity index (χ0v) is 11.5. The van der Waals surface area contributed by atoms with Crippen molar-refractivity contribution in [1.29, 1.82) is 0 Å². The molecule has 5 heteroatoms. The molecule has 0 saturated heterocycles. The summed E-state index contributed by atoms with van der Waals surface area (Å²) in [6.07, 6.45) is 3.25. The zero-order chi connectivity index (χ0) is 14.4. The summed E-state index contributed by atoms with van der Waals surface area (Å²) in [5.74, 6) is -0.809. The van der Waals surface area contributed by atoms with E-state index in [0.29, 0.717) is 5.92 Å². The summed E-state index contributed by atoms with van der Waals surface area (Å²) >= 11 is 0. The van der Waals surface area contributed by atoms with Crippen molar-refractivity contribution in [2.45, 2.75) is 39.7 Å². The Hall–Kier alpha value is -1.91. The molecule has 0 aromatic carbocycles. The Kier molecular flexibility index (Phi) is 5.48. The van der Waals surface area contributed by atoms with E-state index in [4.69, 9.17) is 5.11 Å². The molecule has 1 amide bonds. The lowest BCUT2D eigenvalue weighted by Gasteiger charge is -2.14. The second kappa shape index (κ2) is 6.87. The van der Waals surface area contributed by atoms with Gasteiger partial charge in [0, 0.05) is 12.2 Å². The van der Waals surface area contributed by atoms with Gasteiger partial charge in [0.15, 0.2) is 0 Å². The van der Waals surface area contributed by atoms with Gasteiger partial charge in [0.25, 0.3) is 5.91 Å². The molecule has 0 bridgehead atoms. The average Bonchev–Trinajstić information content (AvgIpc) is 2.36. The van der Waals surface area contributed by atoms with E-state index in [1.807, 2.05) is 6.92 Å². The highest BCUT2D eigenvalue weighted by molar-refractivity contribution is 5.95. The third-order valence-corrected chi connectivity index (χ3v) is 2.79. The van der Waals surface area contributed by atoms with Gasteiger partial charge in [-0.25, -0.2) is 4.79 Å². The maximum atomic E-state index is 11.9.